The summed E-state index contributed by atoms with van der Waals surface area (Å²) < 4.78 is 0. The van der Waals surface area contributed by atoms with Gasteiger partial charge in [0.2, 0.25) is 5.91 Å². The zero-order chi connectivity index (χ0) is 16.9. The van der Waals surface area contributed by atoms with Crippen LogP contribution in [0.4, 0.5) is 11.5 Å². The lowest BCUT2D eigenvalue weighted by Gasteiger charge is -2.09. The lowest BCUT2D eigenvalue weighted by atomic mass is 10.1. The highest BCUT2D eigenvalue weighted by Gasteiger charge is 2.03. The van der Waals surface area contributed by atoms with Crippen LogP contribution in [-0.2, 0) is 11.2 Å². The van der Waals surface area contributed by atoms with E-state index in [1.165, 1.54) is 12.5 Å². The third-order valence-corrected chi connectivity index (χ3v) is 3.98. The van der Waals surface area contributed by atoms with Crippen LogP contribution in [0, 0.1) is 0 Å². The van der Waals surface area contributed by atoms with E-state index in [-0.39, 0.29) is 5.91 Å². The van der Waals surface area contributed by atoms with E-state index in [0.29, 0.717) is 5.15 Å². The minimum absolute atomic E-state index is 0.0660. The van der Waals surface area contributed by atoms with Gasteiger partial charge < -0.3 is 10.6 Å². The third kappa shape index (κ3) is 4.03. The molecule has 0 atom stereocenters. The maximum atomic E-state index is 11.0. The first-order valence-corrected chi connectivity index (χ1v) is 8.15. The Hall–Kier alpha value is -2.59. The van der Waals surface area contributed by atoms with E-state index in [1.807, 2.05) is 54.6 Å². The Morgan fingerprint density at radius 1 is 1.12 bits per heavy atom. The summed E-state index contributed by atoms with van der Waals surface area (Å²) >= 11 is 6.23. The van der Waals surface area contributed by atoms with Gasteiger partial charge in [0.05, 0.1) is 0 Å². The van der Waals surface area contributed by atoms with Crippen LogP contribution >= 0.6 is 11.6 Å². The second-order valence-corrected chi connectivity index (χ2v) is 5.93. The first-order chi connectivity index (χ1) is 11.6. The number of hydrogen-bond donors (Lipinski definition) is 2. The fourth-order valence-corrected chi connectivity index (χ4v) is 2.80. The van der Waals surface area contributed by atoms with Crippen LogP contribution in [0.25, 0.3) is 10.8 Å². The average Bonchev–Trinajstić information content (AvgIpc) is 2.56. The Morgan fingerprint density at radius 2 is 1.88 bits per heavy atom. The summed E-state index contributed by atoms with van der Waals surface area (Å²) in [7, 11) is 0. The molecular weight excluding hydrogens is 322 g/mol. The van der Waals surface area contributed by atoms with Gasteiger partial charge in [-0.3, -0.25) is 4.79 Å². The molecule has 4 nitrogen and oxygen atoms in total. The van der Waals surface area contributed by atoms with E-state index in [1.54, 1.807) is 0 Å². The summed E-state index contributed by atoms with van der Waals surface area (Å²) in [5, 5.41) is 8.60. The number of carbonyl (C=O) groups is 1. The largest absolute Gasteiger partial charge is 0.370 e. The molecule has 1 heterocycles. The number of amides is 1. The number of aromatic nitrogens is 1. The van der Waals surface area contributed by atoms with Gasteiger partial charge in [0.25, 0.3) is 0 Å². The highest BCUT2D eigenvalue weighted by Crippen LogP contribution is 2.24. The van der Waals surface area contributed by atoms with Gasteiger partial charge in [0, 0.05) is 24.5 Å². The molecular formula is C19H18ClN3O. The maximum absolute atomic E-state index is 11.0. The van der Waals surface area contributed by atoms with Crippen molar-refractivity contribution in [1.82, 2.24) is 4.98 Å². The van der Waals surface area contributed by atoms with Crippen LogP contribution in [0.5, 0.6) is 0 Å². The van der Waals surface area contributed by atoms with Gasteiger partial charge in [-0.1, -0.05) is 48.0 Å². The second-order valence-electron chi connectivity index (χ2n) is 5.57. The fraction of sp³-hybridized carbons (Fsp3) is 0.158. The molecule has 0 aliphatic heterocycles. The van der Waals surface area contributed by atoms with E-state index in [4.69, 9.17) is 11.6 Å². The highest BCUT2D eigenvalue weighted by molar-refractivity contribution is 6.34. The highest BCUT2D eigenvalue weighted by atomic mass is 35.5. The van der Waals surface area contributed by atoms with Crippen molar-refractivity contribution in [2.24, 2.45) is 0 Å². The Balaban J connectivity index is 1.61. The van der Waals surface area contributed by atoms with Gasteiger partial charge >= 0.3 is 0 Å². The fourth-order valence-electron chi connectivity index (χ4n) is 2.54. The molecule has 3 rings (SSSR count). The molecule has 0 saturated heterocycles. The number of fused-ring (bicyclic) bond motifs is 1. The van der Waals surface area contributed by atoms with Crippen molar-refractivity contribution in [3.63, 3.8) is 0 Å². The summed E-state index contributed by atoms with van der Waals surface area (Å²) in [6.45, 7) is 2.25. The molecule has 0 spiro atoms. The monoisotopic (exact) mass is 339 g/mol. The number of pyridine rings is 1. The molecule has 2 N–H and O–H groups in total. The third-order valence-electron chi connectivity index (χ3n) is 3.69. The smallest absolute Gasteiger partial charge is 0.221 e. The van der Waals surface area contributed by atoms with Gasteiger partial charge in [-0.15, -0.1) is 0 Å². The molecule has 122 valence electrons. The Morgan fingerprint density at radius 3 is 2.62 bits per heavy atom. The molecule has 0 aliphatic rings. The standard InChI is InChI=1S/C19H18ClN3O/c1-13(24)22-16-8-6-14(7-9-16)10-11-21-18-12-15-4-2-3-5-17(15)19(20)23-18/h2-9,12H,10-11H2,1H3,(H,21,23)(H,22,24). The van der Waals surface area contributed by atoms with Crippen LogP contribution in [0.1, 0.15) is 12.5 Å². The van der Waals surface area contributed by atoms with E-state index < -0.39 is 0 Å². The number of carbonyl (C=O) groups excluding carboxylic acids is 1. The van der Waals surface area contributed by atoms with Crippen molar-refractivity contribution in [2.75, 3.05) is 17.2 Å². The van der Waals surface area contributed by atoms with Crippen LogP contribution < -0.4 is 10.6 Å². The Bertz CT molecular complexity index is 862. The van der Waals surface area contributed by atoms with Crippen molar-refractivity contribution >= 4 is 39.8 Å². The molecule has 3 aromatic rings. The lowest BCUT2D eigenvalue weighted by molar-refractivity contribution is -0.114. The van der Waals surface area contributed by atoms with Gasteiger partial charge in [-0.2, -0.15) is 0 Å². The normalized spacial score (nSPS) is 10.6. The van der Waals surface area contributed by atoms with Crippen molar-refractivity contribution in [1.29, 1.82) is 0 Å². The van der Waals surface area contributed by atoms with Gasteiger partial charge in [-0.05, 0) is 35.6 Å². The summed E-state index contributed by atoms with van der Waals surface area (Å²) in [5.74, 6) is 0.706. The predicted octanol–water partition coefficient (Wildman–Crippen LogP) is 4.50. The summed E-state index contributed by atoms with van der Waals surface area (Å²) in [6, 6.07) is 17.7. The quantitative estimate of drug-likeness (QED) is 0.673. The number of nitrogens with zero attached hydrogens (tertiary/aromatic N) is 1. The zero-order valence-corrected chi connectivity index (χ0v) is 14.1. The van der Waals surface area contributed by atoms with Crippen molar-refractivity contribution in [2.45, 2.75) is 13.3 Å². The van der Waals surface area contributed by atoms with Crippen LogP contribution in [-0.4, -0.2) is 17.4 Å². The first-order valence-electron chi connectivity index (χ1n) is 7.77. The first kappa shape index (κ1) is 16.3. The Labute approximate surface area is 145 Å². The number of halogens is 1. The van der Waals surface area contributed by atoms with E-state index in [9.17, 15) is 4.79 Å². The Kier molecular flexibility index (Phi) is 4.96. The number of rotatable bonds is 5. The predicted molar refractivity (Wildman–Crippen MR) is 99.7 cm³/mol. The molecule has 0 aliphatic carbocycles. The van der Waals surface area contributed by atoms with Crippen molar-refractivity contribution in [3.8, 4) is 0 Å². The maximum Gasteiger partial charge on any atom is 0.221 e. The SMILES string of the molecule is CC(=O)Nc1ccc(CCNc2cc3ccccc3c(Cl)n2)cc1. The minimum Gasteiger partial charge on any atom is -0.370 e. The molecule has 24 heavy (non-hydrogen) atoms. The summed E-state index contributed by atoms with van der Waals surface area (Å²) in [5.41, 5.74) is 1.99. The summed E-state index contributed by atoms with van der Waals surface area (Å²) in [4.78, 5) is 15.4. The van der Waals surface area contributed by atoms with E-state index in [0.717, 1.165) is 35.2 Å². The molecule has 0 fully saturated rings. The molecule has 0 saturated carbocycles. The van der Waals surface area contributed by atoms with Gasteiger partial charge in [0.15, 0.2) is 0 Å². The minimum atomic E-state index is -0.0660. The van der Waals surface area contributed by atoms with Crippen LogP contribution in [0.15, 0.2) is 54.6 Å². The topological polar surface area (TPSA) is 54.0 Å². The molecule has 1 aromatic heterocycles. The second kappa shape index (κ2) is 7.32. The van der Waals surface area contributed by atoms with Crippen LogP contribution in [0.3, 0.4) is 0 Å². The van der Waals surface area contributed by atoms with E-state index >= 15 is 0 Å². The molecule has 0 unspecified atom stereocenters. The molecule has 0 bridgehead atoms. The van der Waals surface area contributed by atoms with Crippen molar-refractivity contribution < 1.29 is 4.79 Å². The van der Waals surface area contributed by atoms with Gasteiger partial charge in [-0.25, -0.2) is 4.98 Å². The lowest BCUT2D eigenvalue weighted by Crippen LogP contribution is -2.07. The molecule has 5 heteroatoms. The van der Waals surface area contributed by atoms with Crippen LogP contribution in [0.2, 0.25) is 5.15 Å². The number of nitrogens with one attached hydrogen (secondary N) is 2. The number of benzene rings is 2. The zero-order valence-electron chi connectivity index (χ0n) is 13.3. The van der Waals surface area contributed by atoms with E-state index in [2.05, 4.69) is 15.6 Å². The molecule has 1 amide bonds. The molecule has 2 aromatic carbocycles. The number of anilines is 2. The van der Waals surface area contributed by atoms with Gasteiger partial charge in [0.1, 0.15) is 11.0 Å². The van der Waals surface area contributed by atoms with Crippen molar-refractivity contribution in [3.05, 3.63) is 65.3 Å². The number of hydrogen-bond acceptors (Lipinski definition) is 3. The summed E-state index contributed by atoms with van der Waals surface area (Å²) in [6.07, 6.45) is 0.854. The molecule has 0 radical (unpaired) electrons. The average molecular weight is 340 g/mol.